The van der Waals surface area contributed by atoms with Crippen molar-refractivity contribution in [1.29, 1.82) is 0 Å². The van der Waals surface area contributed by atoms with Crippen LogP contribution >= 0.6 is 0 Å². The van der Waals surface area contributed by atoms with Gasteiger partial charge in [-0.15, -0.1) is 0 Å². The van der Waals surface area contributed by atoms with Gasteiger partial charge in [0.25, 0.3) is 0 Å². The van der Waals surface area contributed by atoms with Crippen molar-refractivity contribution in [2.45, 2.75) is 6.18 Å². The fourth-order valence-electron chi connectivity index (χ4n) is 1.80. The number of aryl methyl sites for hydroxylation is 1. The second kappa shape index (κ2) is 4.99. The van der Waals surface area contributed by atoms with Crippen LogP contribution in [0, 0.1) is 0 Å². The van der Waals surface area contributed by atoms with Gasteiger partial charge in [0.1, 0.15) is 11.3 Å². The molecule has 0 N–H and O–H groups in total. The van der Waals surface area contributed by atoms with Crippen molar-refractivity contribution in [3.8, 4) is 11.3 Å². The van der Waals surface area contributed by atoms with E-state index >= 15 is 0 Å². The van der Waals surface area contributed by atoms with E-state index < -0.39 is 17.7 Å². The van der Waals surface area contributed by atoms with Gasteiger partial charge in [-0.05, 0) is 12.1 Å². The summed E-state index contributed by atoms with van der Waals surface area (Å²) in [6.45, 7) is 0. The van der Waals surface area contributed by atoms with Crippen molar-refractivity contribution in [3.63, 3.8) is 0 Å². The number of carbonyl (C=O) groups excluding carboxylic acids is 1. The summed E-state index contributed by atoms with van der Waals surface area (Å²) < 4.78 is 44.0. The van der Waals surface area contributed by atoms with Crippen molar-refractivity contribution < 1.29 is 22.7 Å². The summed E-state index contributed by atoms with van der Waals surface area (Å²) in [7, 11) is 2.77. The molecule has 0 radical (unpaired) electrons. The summed E-state index contributed by atoms with van der Waals surface area (Å²) in [4.78, 5) is 11.6. The molecule has 0 saturated carbocycles. The van der Waals surface area contributed by atoms with E-state index in [1.165, 1.54) is 30.1 Å². The molecular formula is C13H11F3N2O2. The molecule has 20 heavy (non-hydrogen) atoms. The molecule has 4 nitrogen and oxygen atoms in total. The average Bonchev–Trinajstić information content (AvgIpc) is 2.79. The molecule has 1 aromatic heterocycles. The van der Waals surface area contributed by atoms with Crippen LogP contribution in [-0.4, -0.2) is 22.9 Å². The summed E-state index contributed by atoms with van der Waals surface area (Å²) in [6.07, 6.45) is -3.04. The molecule has 0 amide bonds. The predicted molar refractivity (Wildman–Crippen MR) is 65.0 cm³/mol. The molecule has 106 valence electrons. The first-order valence-corrected chi connectivity index (χ1v) is 5.62. The molecule has 1 heterocycles. The molecule has 2 aromatic rings. The lowest BCUT2D eigenvalue weighted by Gasteiger charge is -2.08. The number of halogens is 3. The molecule has 7 heteroatoms. The summed E-state index contributed by atoms with van der Waals surface area (Å²) >= 11 is 0. The van der Waals surface area contributed by atoms with E-state index in [2.05, 4.69) is 9.84 Å². The van der Waals surface area contributed by atoms with Crippen LogP contribution in [0.3, 0.4) is 0 Å². The van der Waals surface area contributed by atoms with Crippen LogP contribution in [0.2, 0.25) is 0 Å². The molecule has 0 atom stereocenters. The molecule has 0 fully saturated rings. The normalized spacial score (nSPS) is 11.4. The molecule has 1 aromatic carbocycles. The Morgan fingerprint density at radius 2 is 2.05 bits per heavy atom. The third kappa shape index (κ3) is 2.66. The number of esters is 1. The zero-order valence-corrected chi connectivity index (χ0v) is 10.7. The van der Waals surface area contributed by atoms with Gasteiger partial charge in [-0.2, -0.15) is 18.3 Å². The molecular weight excluding hydrogens is 273 g/mol. The molecule has 0 saturated heterocycles. The number of alkyl halides is 3. The van der Waals surface area contributed by atoms with Gasteiger partial charge in [-0.25, -0.2) is 4.79 Å². The first-order valence-electron chi connectivity index (χ1n) is 5.62. The molecule has 2 rings (SSSR count). The Morgan fingerprint density at radius 1 is 1.35 bits per heavy atom. The molecule has 0 bridgehead atoms. The van der Waals surface area contributed by atoms with Gasteiger partial charge in [-0.3, -0.25) is 4.68 Å². The monoisotopic (exact) mass is 284 g/mol. The van der Waals surface area contributed by atoms with Gasteiger partial charge < -0.3 is 4.74 Å². The average molecular weight is 284 g/mol. The van der Waals surface area contributed by atoms with Gasteiger partial charge in [0.15, 0.2) is 0 Å². The maximum Gasteiger partial charge on any atom is 0.416 e. The number of hydrogen-bond donors (Lipinski definition) is 0. The van der Waals surface area contributed by atoms with Crippen LogP contribution < -0.4 is 0 Å². The van der Waals surface area contributed by atoms with E-state index in [9.17, 15) is 18.0 Å². The Bertz CT molecular complexity index is 647. The Kier molecular flexibility index (Phi) is 3.52. The maximum absolute atomic E-state index is 12.7. The first kappa shape index (κ1) is 14.1. The van der Waals surface area contributed by atoms with E-state index in [0.717, 1.165) is 12.1 Å². The number of rotatable bonds is 2. The van der Waals surface area contributed by atoms with Crippen molar-refractivity contribution >= 4 is 5.97 Å². The second-order valence-corrected chi connectivity index (χ2v) is 4.14. The van der Waals surface area contributed by atoms with Gasteiger partial charge >= 0.3 is 12.1 Å². The van der Waals surface area contributed by atoms with E-state index in [1.807, 2.05) is 0 Å². The van der Waals surface area contributed by atoms with Crippen molar-refractivity contribution in [2.75, 3.05) is 7.11 Å². The third-order valence-corrected chi connectivity index (χ3v) is 2.70. The number of benzene rings is 1. The maximum atomic E-state index is 12.7. The topological polar surface area (TPSA) is 44.1 Å². The summed E-state index contributed by atoms with van der Waals surface area (Å²) in [5.74, 6) is -0.648. The number of ether oxygens (including phenoxy) is 1. The number of hydrogen-bond acceptors (Lipinski definition) is 3. The highest BCUT2D eigenvalue weighted by Gasteiger charge is 2.31. The number of methoxy groups -OCH3 is 1. The minimum absolute atomic E-state index is 0.120. The van der Waals surface area contributed by atoms with Gasteiger partial charge in [0.05, 0.1) is 12.7 Å². The van der Waals surface area contributed by atoms with E-state index in [0.29, 0.717) is 0 Å². The summed E-state index contributed by atoms with van der Waals surface area (Å²) in [5.41, 5.74) is -0.308. The fraction of sp³-hybridized carbons (Fsp3) is 0.231. The second-order valence-electron chi connectivity index (χ2n) is 4.14. The standard InChI is InChI=1S/C13H11F3N2O2/c1-18-7-10(12(19)20-2)11(17-18)8-4-3-5-9(6-8)13(14,15)16/h3-7H,1-2H3. The van der Waals surface area contributed by atoms with Crippen molar-refractivity contribution in [3.05, 3.63) is 41.6 Å². The smallest absolute Gasteiger partial charge is 0.416 e. The highest BCUT2D eigenvalue weighted by Crippen LogP contribution is 2.32. The largest absolute Gasteiger partial charge is 0.465 e. The van der Waals surface area contributed by atoms with Crippen LogP contribution in [0.1, 0.15) is 15.9 Å². The lowest BCUT2D eigenvalue weighted by Crippen LogP contribution is -2.05. The van der Waals surface area contributed by atoms with Crippen LogP contribution in [0.5, 0.6) is 0 Å². The Hall–Kier alpha value is -2.31. The molecule has 0 aliphatic rings. The highest BCUT2D eigenvalue weighted by molar-refractivity contribution is 5.95. The fourth-order valence-corrected chi connectivity index (χ4v) is 1.80. The Labute approximate surface area is 112 Å². The minimum atomic E-state index is -4.45. The third-order valence-electron chi connectivity index (χ3n) is 2.70. The zero-order valence-electron chi connectivity index (χ0n) is 10.7. The van der Waals surface area contributed by atoms with Crippen molar-refractivity contribution in [2.24, 2.45) is 7.05 Å². The highest BCUT2D eigenvalue weighted by atomic mass is 19.4. The van der Waals surface area contributed by atoms with Crippen LogP contribution in [-0.2, 0) is 18.0 Å². The first-order chi connectivity index (χ1) is 9.32. The summed E-state index contributed by atoms with van der Waals surface area (Å²) in [6, 6.07) is 4.65. The number of nitrogens with zero attached hydrogens (tertiary/aromatic N) is 2. The van der Waals surface area contributed by atoms with Gasteiger partial charge in [0.2, 0.25) is 0 Å². The zero-order chi connectivity index (χ0) is 14.9. The van der Waals surface area contributed by atoms with E-state index in [4.69, 9.17) is 0 Å². The molecule has 0 aliphatic heterocycles. The van der Waals surface area contributed by atoms with E-state index in [1.54, 1.807) is 7.05 Å². The van der Waals surface area contributed by atoms with Crippen LogP contribution in [0.25, 0.3) is 11.3 Å². The molecule has 0 unspecified atom stereocenters. The predicted octanol–water partition coefficient (Wildman–Crippen LogP) is 2.89. The summed E-state index contributed by atoms with van der Waals surface area (Å²) in [5, 5.41) is 4.02. The number of carbonyl (C=O) groups is 1. The molecule has 0 aliphatic carbocycles. The van der Waals surface area contributed by atoms with Gasteiger partial charge in [-0.1, -0.05) is 12.1 Å². The van der Waals surface area contributed by atoms with Crippen LogP contribution in [0.4, 0.5) is 13.2 Å². The lowest BCUT2D eigenvalue weighted by atomic mass is 10.1. The van der Waals surface area contributed by atoms with Crippen molar-refractivity contribution in [1.82, 2.24) is 9.78 Å². The van der Waals surface area contributed by atoms with E-state index in [-0.39, 0.29) is 16.8 Å². The molecule has 0 spiro atoms. The quantitative estimate of drug-likeness (QED) is 0.796. The lowest BCUT2D eigenvalue weighted by molar-refractivity contribution is -0.137. The Morgan fingerprint density at radius 3 is 2.65 bits per heavy atom. The minimum Gasteiger partial charge on any atom is -0.465 e. The van der Waals surface area contributed by atoms with Gasteiger partial charge in [0, 0.05) is 18.8 Å². The SMILES string of the molecule is COC(=O)c1cn(C)nc1-c1cccc(C(F)(F)F)c1. The van der Waals surface area contributed by atoms with Crippen LogP contribution in [0.15, 0.2) is 30.5 Å². The number of aromatic nitrogens is 2. The Balaban J connectivity index is 2.55.